The maximum atomic E-state index is 13.2. The first kappa shape index (κ1) is 46.8. The van der Waals surface area contributed by atoms with Gasteiger partial charge in [0.2, 0.25) is 17.8 Å². The zero-order chi connectivity index (χ0) is 44.7. The predicted molar refractivity (Wildman–Crippen MR) is 230 cm³/mol. The highest BCUT2D eigenvalue weighted by Crippen LogP contribution is 2.33. The van der Waals surface area contributed by atoms with E-state index in [-0.39, 0.29) is 41.7 Å². The SMILES string of the molecule is COc1c(C)cnc(Cn2cc(C#CCOCCOCCOCCOCCOCCOCCNc3cccc4c3C(=O)N(C3CCC(=O)NC3=O)C4=O)c3c(Cl)nc(N)nc32)c1C. The van der Waals surface area contributed by atoms with Gasteiger partial charge in [0, 0.05) is 42.2 Å². The van der Waals surface area contributed by atoms with Gasteiger partial charge in [0.15, 0.2) is 0 Å². The summed E-state index contributed by atoms with van der Waals surface area (Å²) < 4.78 is 40.9. The number of rotatable bonds is 24. The summed E-state index contributed by atoms with van der Waals surface area (Å²) in [6, 6.07) is 3.88. The highest BCUT2D eigenvalue weighted by molar-refractivity contribution is 6.34. The van der Waals surface area contributed by atoms with Crippen LogP contribution in [0.3, 0.4) is 0 Å². The number of nitrogens with zero attached hydrogens (tertiary/aromatic N) is 5. The van der Waals surface area contributed by atoms with E-state index in [2.05, 4.69) is 37.4 Å². The molecule has 336 valence electrons. The van der Waals surface area contributed by atoms with Crippen molar-refractivity contribution in [2.24, 2.45) is 0 Å². The van der Waals surface area contributed by atoms with Crippen molar-refractivity contribution in [2.75, 3.05) is 104 Å². The molecule has 63 heavy (non-hydrogen) atoms. The van der Waals surface area contributed by atoms with Gasteiger partial charge in [-0.1, -0.05) is 29.5 Å². The smallest absolute Gasteiger partial charge is 0.264 e. The van der Waals surface area contributed by atoms with Gasteiger partial charge in [-0.2, -0.15) is 4.98 Å². The molecule has 2 aliphatic heterocycles. The zero-order valence-corrected chi connectivity index (χ0v) is 36.2. The summed E-state index contributed by atoms with van der Waals surface area (Å²) in [6.45, 7) is 9.12. The Hall–Kier alpha value is -5.72. The molecule has 1 aromatic carbocycles. The number of hydrogen-bond donors (Lipinski definition) is 3. The number of nitrogen functional groups attached to an aromatic ring is 1. The van der Waals surface area contributed by atoms with Crippen molar-refractivity contribution in [2.45, 2.75) is 39.3 Å². The Morgan fingerprint density at radius 1 is 0.889 bits per heavy atom. The topological polar surface area (TPSA) is 230 Å². The highest BCUT2D eigenvalue weighted by atomic mass is 35.5. The number of anilines is 2. The lowest BCUT2D eigenvalue weighted by atomic mass is 10.0. The van der Waals surface area contributed by atoms with E-state index in [1.54, 1.807) is 31.5 Å². The fourth-order valence-electron chi connectivity index (χ4n) is 7.04. The summed E-state index contributed by atoms with van der Waals surface area (Å²) in [5.74, 6) is 4.79. The first-order chi connectivity index (χ1) is 30.6. The second-order valence-electron chi connectivity index (χ2n) is 14.3. The van der Waals surface area contributed by atoms with E-state index >= 15 is 0 Å². The Bertz CT molecular complexity index is 2350. The quantitative estimate of drug-likeness (QED) is 0.0398. The lowest BCUT2D eigenvalue weighted by molar-refractivity contribution is -0.136. The lowest BCUT2D eigenvalue weighted by Gasteiger charge is -2.27. The zero-order valence-electron chi connectivity index (χ0n) is 35.5. The normalized spacial score (nSPS) is 14.9. The molecular weight excluding hydrogens is 840 g/mol. The van der Waals surface area contributed by atoms with E-state index in [1.807, 2.05) is 24.6 Å². The Balaban J connectivity index is 0.759. The number of carbonyl (C=O) groups excluding carboxylic acids is 4. The molecule has 0 aliphatic carbocycles. The standard InChI is InChI=1S/C43H51ClN8O11/c1-27-24-47-32(28(2)37(27)57-3)26-51-25-29(35-38(44)49-43(45)50-39(35)51)6-5-12-58-14-16-60-18-20-62-22-23-63-21-19-61-17-15-59-13-11-46-31-8-4-7-30-36(31)42(56)52(41(30)55)33-9-10-34(53)48-40(33)54/h4,7-8,24-25,33,46H,9-23,26H2,1-3H3,(H2,45,49,50)(H,48,53,54). The molecule has 4 N–H and O–H groups in total. The third-order valence-electron chi connectivity index (χ3n) is 10.0. The van der Waals surface area contributed by atoms with Gasteiger partial charge in [-0.25, -0.2) is 4.98 Å². The molecule has 1 unspecified atom stereocenters. The summed E-state index contributed by atoms with van der Waals surface area (Å²) in [4.78, 5) is 64.2. The number of piperidine rings is 1. The second kappa shape index (κ2) is 23.1. The lowest BCUT2D eigenvalue weighted by Crippen LogP contribution is -2.54. The van der Waals surface area contributed by atoms with E-state index in [9.17, 15) is 19.2 Å². The van der Waals surface area contributed by atoms with Gasteiger partial charge in [0.25, 0.3) is 11.8 Å². The number of benzene rings is 1. The van der Waals surface area contributed by atoms with E-state index in [0.29, 0.717) is 108 Å². The molecular formula is C43H51ClN8O11. The third-order valence-corrected chi connectivity index (χ3v) is 10.3. The molecule has 0 bridgehead atoms. The summed E-state index contributed by atoms with van der Waals surface area (Å²) in [6.07, 6.45) is 3.79. The largest absolute Gasteiger partial charge is 0.496 e. The summed E-state index contributed by atoms with van der Waals surface area (Å²) in [5.41, 5.74) is 10.7. The number of imide groups is 2. The molecule has 5 heterocycles. The summed E-state index contributed by atoms with van der Waals surface area (Å²) >= 11 is 6.48. The van der Waals surface area contributed by atoms with Crippen LogP contribution in [0.5, 0.6) is 5.75 Å². The van der Waals surface area contributed by atoms with Gasteiger partial charge in [0.1, 0.15) is 29.2 Å². The molecule has 2 aliphatic rings. The van der Waals surface area contributed by atoms with Crippen molar-refractivity contribution in [3.05, 3.63) is 69.3 Å². The fourth-order valence-corrected chi connectivity index (χ4v) is 7.31. The molecule has 0 saturated carbocycles. The maximum absolute atomic E-state index is 13.2. The number of hydrogen-bond acceptors (Lipinski definition) is 16. The minimum atomic E-state index is -1.02. The van der Waals surface area contributed by atoms with Crippen LogP contribution in [0.2, 0.25) is 5.15 Å². The number of aromatic nitrogens is 4. The fraction of sp³-hybridized carbons (Fsp3) is 0.465. The number of amides is 4. The Morgan fingerprint density at radius 3 is 2.19 bits per heavy atom. The molecule has 0 radical (unpaired) electrons. The molecule has 1 saturated heterocycles. The van der Waals surface area contributed by atoms with Gasteiger partial charge >= 0.3 is 0 Å². The van der Waals surface area contributed by atoms with E-state index in [1.165, 1.54) is 0 Å². The van der Waals surface area contributed by atoms with Gasteiger partial charge in [-0.3, -0.25) is 34.4 Å². The van der Waals surface area contributed by atoms with Crippen LogP contribution in [-0.2, 0) is 44.6 Å². The monoisotopic (exact) mass is 890 g/mol. The molecule has 20 heteroatoms. The number of nitrogens with two attached hydrogens (primary N) is 1. The third kappa shape index (κ3) is 12.1. The van der Waals surface area contributed by atoms with Crippen LogP contribution in [0, 0.1) is 25.7 Å². The molecule has 4 amide bonds. The Labute approximate surface area is 369 Å². The Morgan fingerprint density at radius 2 is 1.54 bits per heavy atom. The first-order valence-electron chi connectivity index (χ1n) is 20.4. The van der Waals surface area contributed by atoms with Crippen molar-refractivity contribution >= 4 is 57.9 Å². The van der Waals surface area contributed by atoms with Crippen LogP contribution in [0.1, 0.15) is 55.9 Å². The summed E-state index contributed by atoms with van der Waals surface area (Å²) in [5, 5.41) is 6.15. The van der Waals surface area contributed by atoms with Crippen LogP contribution in [0.15, 0.2) is 30.6 Å². The molecule has 0 spiro atoms. The number of carbonyl (C=O) groups is 4. The average Bonchev–Trinajstić information content (AvgIpc) is 3.73. The number of ether oxygens (including phenoxy) is 7. The molecule has 3 aromatic heterocycles. The molecule has 1 atom stereocenters. The highest BCUT2D eigenvalue weighted by Gasteiger charge is 2.45. The number of methoxy groups -OCH3 is 1. The average molecular weight is 891 g/mol. The minimum absolute atomic E-state index is 0.0584. The van der Waals surface area contributed by atoms with E-state index in [0.717, 1.165) is 27.5 Å². The first-order valence-corrected chi connectivity index (χ1v) is 20.8. The van der Waals surface area contributed by atoms with Crippen LogP contribution >= 0.6 is 11.6 Å². The number of fused-ring (bicyclic) bond motifs is 2. The van der Waals surface area contributed by atoms with Gasteiger partial charge in [-0.15, -0.1) is 0 Å². The van der Waals surface area contributed by atoms with Gasteiger partial charge in [-0.05, 0) is 32.4 Å². The van der Waals surface area contributed by atoms with Crippen molar-refractivity contribution in [1.82, 2.24) is 29.7 Å². The van der Waals surface area contributed by atoms with Crippen LogP contribution in [0.4, 0.5) is 11.6 Å². The van der Waals surface area contributed by atoms with Gasteiger partial charge < -0.3 is 48.8 Å². The predicted octanol–water partition coefficient (Wildman–Crippen LogP) is 2.70. The van der Waals surface area contributed by atoms with Crippen LogP contribution < -0.4 is 21.1 Å². The van der Waals surface area contributed by atoms with E-state index in [4.69, 9.17) is 50.5 Å². The van der Waals surface area contributed by atoms with Crippen molar-refractivity contribution in [3.8, 4) is 17.6 Å². The number of nitrogens with one attached hydrogen (secondary N) is 2. The van der Waals surface area contributed by atoms with Crippen LogP contribution in [0.25, 0.3) is 11.0 Å². The van der Waals surface area contributed by atoms with Crippen molar-refractivity contribution in [3.63, 3.8) is 0 Å². The van der Waals surface area contributed by atoms with Crippen molar-refractivity contribution in [1.29, 1.82) is 0 Å². The molecule has 6 rings (SSSR count). The van der Waals surface area contributed by atoms with E-state index < -0.39 is 29.7 Å². The number of pyridine rings is 1. The Kier molecular flexibility index (Phi) is 17.2. The second-order valence-corrected chi connectivity index (χ2v) is 14.7. The number of aryl methyl sites for hydroxylation is 1. The maximum Gasteiger partial charge on any atom is 0.264 e. The molecule has 19 nitrogen and oxygen atoms in total. The number of halogens is 1. The van der Waals surface area contributed by atoms with Crippen LogP contribution in [-0.4, -0.2) is 147 Å². The summed E-state index contributed by atoms with van der Waals surface area (Å²) in [7, 11) is 1.64. The minimum Gasteiger partial charge on any atom is -0.496 e. The van der Waals surface area contributed by atoms with Crippen molar-refractivity contribution < 1.29 is 52.3 Å². The molecule has 4 aromatic rings. The van der Waals surface area contributed by atoms with Gasteiger partial charge in [0.05, 0.1) is 114 Å². The molecule has 1 fully saturated rings.